The molecule has 2 unspecified atom stereocenters. The van der Waals surface area contributed by atoms with E-state index in [-0.39, 0.29) is 0 Å². The molecule has 0 aliphatic heterocycles. The van der Waals surface area contributed by atoms with Crippen LogP contribution >= 0.6 is 19.2 Å². The second kappa shape index (κ2) is 9.86. The summed E-state index contributed by atoms with van der Waals surface area (Å²) in [4.78, 5) is 0. The summed E-state index contributed by atoms with van der Waals surface area (Å²) in [7, 11) is 1.15. The van der Waals surface area contributed by atoms with E-state index in [9.17, 15) is 0 Å². The summed E-state index contributed by atoms with van der Waals surface area (Å²) in [5.41, 5.74) is 0. The normalized spacial score (nSPS) is 14.2. The van der Waals surface area contributed by atoms with Gasteiger partial charge in [-0.05, 0) is 24.3 Å². The predicted molar refractivity (Wildman–Crippen MR) is 64.6 cm³/mol. The van der Waals surface area contributed by atoms with E-state index in [0.29, 0.717) is 0 Å². The van der Waals surface area contributed by atoms with E-state index in [2.05, 4.69) is 32.2 Å². The van der Waals surface area contributed by atoms with Crippen LogP contribution in [0.25, 0.3) is 0 Å². The molecule has 2 atom stereocenters. The lowest BCUT2D eigenvalue weighted by Gasteiger charge is -2.06. The average Bonchev–Trinajstić information content (AvgIpc) is 2.10. The highest BCUT2D eigenvalue weighted by Gasteiger charge is 1.97. The quantitative estimate of drug-likeness (QED) is 0.415. The van der Waals surface area contributed by atoms with Crippen molar-refractivity contribution in [1.29, 1.82) is 0 Å². The first-order chi connectivity index (χ1) is 5.81. The topological polar surface area (TPSA) is 0 Å². The van der Waals surface area contributed by atoms with Crippen molar-refractivity contribution in [3.8, 4) is 0 Å². The van der Waals surface area contributed by atoms with Crippen molar-refractivity contribution in [3.63, 3.8) is 0 Å². The maximum Gasteiger partial charge on any atom is -0.000272 e. The third kappa shape index (κ3) is 8.87. The molecule has 0 aliphatic carbocycles. The second-order valence-corrected chi connectivity index (χ2v) is 6.57. The molecule has 0 heterocycles. The molecule has 0 radical (unpaired) electrons. The van der Waals surface area contributed by atoms with E-state index < -0.39 is 0 Å². The predicted octanol–water partition coefficient (Wildman–Crippen LogP) is 4.55. The van der Waals surface area contributed by atoms with Gasteiger partial charge >= 0.3 is 0 Å². The molecule has 0 aromatic carbocycles. The zero-order valence-corrected chi connectivity index (χ0v) is 10.5. The molecule has 0 amide bonds. The lowest BCUT2D eigenvalue weighted by Crippen LogP contribution is -1.93. The zero-order valence-electron chi connectivity index (χ0n) is 8.73. The van der Waals surface area contributed by atoms with Gasteiger partial charge in [-0.3, -0.25) is 0 Å². The monoisotopic (exact) mass is 206 g/mol. The van der Waals surface area contributed by atoms with Gasteiger partial charge in [-0.1, -0.05) is 47.8 Å². The number of hydrogen-bond donors (Lipinski definition) is 0. The van der Waals surface area contributed by atoms with E-state index in [0.717, 1.165) is 13.7 Å². The maximum absolute atomic E-state index is 2.35. The molecule has 0 spiro atoms. The van der Waals surface area contributed by atoms with Crippen molar-refractivity contribution in [3.05, 3.63) is 0 Å². The molecule has 0 N–H and O–H groups in total. The summed E-state index contributed by atoms with van der Waals surface area (Å²) in [5.74, 6) is 2.30. The van der Waals surface area contributed by atoms with Gasteiger partial charge in [0, 0.05) is 0 Å². The Hall–Kier alpha value is 0.780. The van der Waals surface area contributed by atoms with Gasteiger partial charge in [0.15, 0.2) is 0 Å². The molecule has 0 rings (SSSR count). The highest BCUT2D eigenvalue weighted by atomic mass is 32.7. The smallest absolute Gasteiger partial charge is 0.000272 e. The van der Waals surface area contributed by atoms with E-state index in [1.165, 1.54) is 37.6 Å². The van der Waals surface area contributed by atoms with E-state index >= 15 is 0 Å². The van der Waals surface area contributed by atoms with E-state index in [4.69, 9.17) is 0 Å². The summed E-state index contributed by atoms with van der Waals surface area (Å²) in [6.45, 7) is 6.91. The number of rotatable bonds is 8. The molecule has 74 valence electrons. The van der Waals surface area contributed by atoms with Crippen LogP contribution in [-0.4, -0.2) is 11.9 Å². The Kier molecular flexibility index (Phi) is 10.5. The summed E-state index contributed by atoms with van der Waals surface area (Å²) in [6, 6.07) is 0. The molecule has 2 heteroatoms. The van der Waals surface area contributed by atoms with Crippen molar-refractivity contribution in [2.75, 3.05) is 11.9 Å². The summed E-state index contributed by atoms with van der Waals surface area (Å²) in [5, 5.41) is 0. The third-order valence-corrected chi connectivity index (χ3v) is 5.27. The van der Waals surface area contributed by atoms with Crippen LogP contribution < -0.4 is 0 Å². The first kappa shape index (κ1) is 12.8. The molecule has 0 aromatic rings. The molecular formula is C10H23PS. The molecule has 0 saturated heterocycles. The average molecular weight is 206 g/mol. The Labute approximate surface area is 83.8 Å². The van der Waals surface area contributed by atoms with Gasteiger partial charge in [-0.2, -0.15) is 0 Å². The van der Waals surface area contributed by atoms with Crippen LogP contribution in [0.4, 0.5) is 0 Å². The number of hydrogen-bond acceptors (Lipinski definition) is 1. The van der Waals surface area contributed by atoms with Gasteiger partial charge in [0.1, 0.15) is 0 Å². The Morgan fingerprint density at radius 1 is 1.25 bits per heavy atom. The fraction of sp³-hybridized carbons (Fsp3) is 1.00. The zero-order chi connectivity index (χ0) is 9.23. The minimum Gasteiger partial charge on any atom is -0.137 e. The lowest BCUT2D eigenvalue weighted by molar-refractivity contribution is 0.638. The Morgan fingerprint density at radius 2 is 2.00 bits per heavy atom. The third-order valence-electron chi connectivity index (χ3n) is 2.05. The van der Waals surface area contributed by atoms with Gasteiger partial charge in [-0.25, -0.2) is 0 Å². The van der Waals surface area contributed by atoms with Crippen LogP contribution in [0.5, 0.6) is 0 Å². The van der Waals surface area contributed by atoms with Crippen LogP contribution in [0, 0.1) is 5.92 Å². The molecule has 12 heavy (non-hydrogen) atoms. The van der Waals surface area contributed by atoms with Crippen molar-refractivity contribution >= 4 is 19.2 Å². The lowest BCUT2D eigenvalue weighted by atomic mass is 10.2. The summed E-state index contributed by atoms with van der Waals surface area (Å²) >= 11 is 2.16. The van der Waals surface area contributed by atoms with Crippen LogP contribution in [0.15, 0.2) is 0 Å². The minimum atomic E-state index is 0.925. The fourth-order valence-electron chi connectivity index (χ4n) is 0.838. The number of unbranched alkanes of at least 4 members (excludes halogenated alkanes) is 2. The summed E-state index contributed by atoms with van der Waals surface area (Å²) < 4.78 is 0. The highest BCUT2D eigenvalue weighted by Crippen LogP contribution is 2.32. The van der Waals surface area contributed by atoms with Gasteiger partial charge in [-0.15, -0.1) is 11.4 Å². The highest BCUT2D eigenvalue weighted by molar-refractivity contribution is 8.49. The Bertz CT molecular complexity index is 85.9. The van der Waals surface area contributed by atoms with Gasteiger partial charge in [0.25, 0.3) is 0 Å². The van der Waals surface area contributed by atoms with Crippen LogP contribution in [0.2, 0.25) is 0 Å². The molecule has 0 nitrogen and oxygen atoms in total. The second-order valence-electron chi connectivity index (χ2n) is 3.43. The minimum absolute atomic E-state index is 0.925. The SMILES string of the molecule is CCCCCPSCC(C)CC. The first-order valence-electron chi connectivity index (χ1n) is 5.15. The molecule has 0 bridgehead atoms. The molecule has 0 saturated carbocycles. The molecule has 0 fully saturated rings. The van der Waals surface area contributed by atoms with Gasteiger partial charge in [0.2, 0.25) is 0 Å². The van der Waals surface area contributed by atoms with Crippen LogP contribution in [0.3, 0.4) is 0 Å². The maximum atomic E-state index is 2.35. The fourth-order valence-corrected chi connectivity index (χ4v) is 4.09. The largest absolute Gasteiger partial charge is 0.137 e. The van der Waals surface area contributed by atoms with Crippen molar-refractivity contribution in [1.82, 2.24) is 0 Å². The first-order valence-corrected chi connectivity index (χ1v) is 8.07. The van der Waals surface area contributed by atoms with Crippen molar-refractivity contribution in [2.24, 2.45) is 5.92 Å². The van der Waals surface area contributed by atoms with Crippen molar-refractivity contribution in [2.45, 2.75) is 46.5 Å². The Morgan fingerprint density at radius 3 is 2.58 bits per heavy atom. The van der Waals surface area contributed by atoms with Crippen molar-refractivity contribution < 1.29 is 0 Å². The molecule has 0 aromatic heterocycles. The van der Waals surface area contributed by atoms with Crippen LogP contribution in [0.1, 0.15) is 46.5 Å². The Balaban J connectivity index is 2.90. The molecule has 0 aliphatic rings. The van der Waals surface area contributed by atoms with E-state index in [1.807, 2.05) is 0 Å². The molecular weight excluding hydrogens is 183 g/mol. The van der Waals surface area contributed by atoms with Gasteiger partial charge < -0.3 is 0 Å². The van der Waals surface area contributed by atoms with Crippen LogP contribution in [-0.2, 0) is 0 Å². The summed E-state index contributed by atoms with van der Waals surface area (Å²) in [6.07, 6.45) is 7.03. The standard InChI is InChI=1S/C10H23PS/c1-4-6-7-8-11-12-9-10(3)5-2/h10-11H,4-9H2,1-3H3. The van der Waals surface area contributed by atoms with Gasteiger partial charge in [0.05, 0.1) is 0 Å². The van der Waals surface area contributed by atoms with E-state index in [1.54, 1.807) is 0 Å².